The van der Waals surface area contributed by atoms with Crippen LogP contribution in [0.3, 0.4) is 0 Å². The average Bonchev–Trinajstić information content (AvgIpc) is 3.29. The fourth-order valence-corrected chi connectivity index (χ4v) is 4.08. The third kappa shape index (κ3) is 5.72. The zero-order valence-corrected chi connectivity index (χ0v) is 20.2. The van der Waals surface area contributed by atoms with Crippen LogP contribution in [0.2, 0.25) is 0 Å². The van der Waals surface area contributed by atoms with Gasteiger partial charge in [0.2, 0.25) is 4.96 Å². The second-order valence-corrected chi connectivity index (χ2v) is 9.05. The zero-order chi connectivity index (χ0) is 24.9. The largest absolute Gasteiger partial charge is 0.481 e. The highest BCUT2D eigenvalue weighted by molar-refractivity contribution is 7.16. The maximum atomic E-state index is 12.8. The van der Waals surface area contributed by atoms with Crippen LogP contribution in [0.25, 0.3) is 4.96 Å². The van der Waals surface area contributed by atoms with Gasteiger partial charge in [0.15, 0.2) is 6.10 Å². The molecule has 0 aliphatic carbocycles. The molecule has 0 radical (unpaired) electrons. The van der Waals surface area contributed by atoms with Gasteiger partial charge in [-0.15, -0.1) is 0 Å². The maximum absolute atomic E-state index is 12.8. The molecule has 4 aromatic rings. The zero-order valence-electron chi connectivity index (χ0n) is 19.4. The van der Waals surface area contributed by atoms with Crippen LogP contribution < -0.4 is 15.6 Å². The smallest absolute Gasteiger partial charge is 0.340 e. The minimum Gasteiger partial charge on any atom is -0.481 e. The predicted molar refractivity (Wildman–Crippen MR) is 132 cm³/mol. The summed E-state index contributed by atoms with van der Waals surface area (Å²) in [4.78, 5) is 42.7. The predicted octanol–water partition coefficient (Wildman–Crippen LogP) is 4.04. The van der Waals surface area contributed by atoms with Gasteiger partial charge in [-0.1, -0.05) is 55.5 Å². The highest BCUT2D eigenvalue weighted by Gasteiger charge is 2.20. The van der Waals surface area contributed by atoms with Crippen molar-refractivity contribution in [1.29, 1.82) is 0 Å². The van der Waals surface area contributed by atoms with Gasteiger partial charge in [-0.2, -0.15) is 9.61 Å². The fourth-order valence-electron chi connectivity index (χ4n) is 3.16. The molecule has 1 amide bonds. The second-order valence-electron chi connectivity index (χ2n) is 8.06. The third-order valence-electron chi connectivity index (χ3n) is 4.99. The highest BCUT2D eigenvalue weighted by Crippen LogP contribution is 2.21. The Morgan fingerprint density at radius 1 is 1.06 bits per heavy atom. The van der Waals surface area contributed by atoms with Gasteiger partial charge < -0.3 is 14.8 Å². The van der Waals surface area contributed by atoms with Gasteiger partial charge in [-0.05, 0) is 31.2 Å². The van der Waals surface area contributed by atoms with Gasteiger partial charge in [0.05, 0.1) is 16.9 Å². The normalized spacial score (nSPS) is 11.9. The van der Waals surface area contributed by atoms with Crippen LogP contribution in [-0.4, -0.2) is 32.6 Å². The summed E-state index contributed by atoms with van der Waals surface area (Å²) in [5.74, 6) is -0.355. The van der Waals surface area contributed by atoms with Crippen molar-refractivity contribution >= 4 is 33.9 Å². The number of hydrogen-bond acceptors (Lipinski definition) is 8. The van der Waals surface area contributed by atoms with Crippen molar-refractivity contribution < 1.29 is 19.1 Å². The van der Waals surface area contributed by atoms with Gasteiger partial charge in [0, 0.05) is 12.0 Å². The van der Waals surface area contributed by atoms with E-state index in [1.54, 1.807) is 43.3 Å². The molecule has 0 aliphatic heterocycles. The number of benzene rings is 2. The molecule has 0 unspecified atom stereocenters. The summed E-state index contributed by atoms with van der Waals surface area (Å²) in [5, 5.41) is 7.78. The molecular formula is C25H24N4O5S. The third-order valence-corrected chi connectivity index (χ3v) is 6.20. The first-order chi connectivity index (χ1) is 16.8. The SMILES string of the molecule is CC(C)c1nn2c(=O)cc(COC(=O)c3ccccc3NC(=O)[C@H](C)Oc3ccccc3)nc2s1. The van der Waals surface area contributed by atoms with Crippen LogP contribution in [0.5, 0.6) is 5.75 Å². The van der Waals surface area contributed by atoms with E-state index >= 15 is 0 Å². The van der Waals surface area contributed by atoms with Gasteiger partial charge in [0.1, 0.15) is 17.4 Å². The Morgan fingerprint density at radius 3 is 2.51 bits per heavy atom. The summed E-state index contributed by atoms with van der Waals surface area (Å²) in [7, 11) is 0. The first-order valence-electron chi connectivity index (χ1n) is 11.0. The number of nitrogens with one attached hydrogen (secondary N) is 1. The van der Waals surface area contributed by atoms with E-state index in [0.717, 1.165) is 5.01 Å². The Hall–Kier alpha value is -4.05. The molecule has 0 saturated carbocycles. The summed E-state index contributed by atoms with van der Waals surface area (Å²) in [5.41, 5.74) is 0.432. The number of amides is 1. The van der Waals surface area contributed by atoms with Crippen molar-refractivity contribution in [3.8, 4) is 5.75 Å². The van der Waals surface area contributed by atoms with E-state index in [9.17, 15) is 14.4 Å². The quantitative estimate of drug-likeness (QED) is 0.370. The van der Waals surface area contributed by atoms with E-state index < -0.39 is 18.0 Å². The Morgan fingerprint density at radius 2 is 1.77 bits per heavy atom. The van der Waals surface area contributed by atoms with Gasteiger partial charge in [0.25, 0.3) is 11.5 Å². The summed E-state index contributed by atoms with van der Waals surface area (Å²) < 4.78 is 12.3. The number of anilines is 1. The molecular weight excluding hydrogens is 468 g/mol. The van der Waals surface area contributed by atoms with Crippen molar-refractivity contribution in [3.63, 3.8) is 0 Å². The molecule has 9 nitrogen and oxygen atoms in total. The van der Waals surface area contributed by atoms with Crippen molar-refractivity contribution in [3.05, 3.63) is 87.3 Å². The molecule has 0 spiro atoms. The lowest BCUT2D eigenvalue weighted by Gasteiger charge is -2.16. The number of para-hydroxylation sites is 2. The second kappa shape index (κ2) is 10.5. The molecule has 0 saturated heterocycles. The number of nitrogens with zero attached hydrogens (tertiary/aromatic N) is 3. The number of carbonyl (C=O) groups is 2. The van der Waals surface area contributed by atoms with Gasteiger partial charge in [-0.3, -0.25) is 9.59 Å². The van der Waals surface area contributed by atoms with Gasteiger partial charge >= 0.3 is 5.97 Å². The number of fused-ring (bicyclic) bond motifs is 1. The van der Waals surface area contributed by atoms with Crippen LogP contribution in [0.15, 0.2) is 65.5 Å². The topological polar surface area (TPSA) is 112 Å². The molecule has 2 aromatic heterocycles. The van der Waals surface area contributed by atoms with E-state index in [4.69, 9.17) is 9.47 Å². The molecule has 1 N–H and O–H groups in total. The number of carbonyl (C=O) groups excluding carboxylic acids is 2. The Labute approximate surface area is 205 Å². The molecule has 2 aromatic carbocycles. The molecule has 4 rings (SSSR count). The summed E-state index contributed by atoms with van der Waals surface area (Å²) in [6.07, 6.45) is -0.791. The first kappa shape index (κ1) is 24.1. The van der Waals surface area contributed by atoms with Crippen LogP contribution in [-0.2, 0) is 16.1 Å². The van der Waals surface area contributed by atoms with Crippen molar-refractivity contribution in [1.82, 2.24) is 14.6 Å². The van der Waals surface area contributed by atoms with Crippen LogP contribution in [0.1, 0.15) is 47.7 Å². The van der Waals surface area contributed by atoms with E-state index in [0.29, 0.717) is 22.1 Å². The Bertz CT molecular complexity index is 1410. The lowest BCUT2D eigenvalue weighted by Crippen LogP contribution is -2.30. The number of hydrogen-bond donors (Lipinski definition) is 1. The lowest BCUT2D eigenvalue weighted by atomic mass is 10.1. The highest BCUT2D eigenvalue weighted by atomic mass is 32.1. The average molecular weight is 493 g/mol. The van der Waals surface area contributed by atoms with Crippen molar-refractivity contribution in [2.45, 2.75) is 39.4 Å². The monoisotopic (exact) mass is 492 g/mol. The molecule has 0 bridgehead atoms. The molecule has 2 heterocycles. The maximum Gasteiger partial charge on any atom is 0.340 e. The van der Waals surface area contributed by atoms with Crippen molar-refractivity contribution in [2.24, 2.45) is 0 Å². The lowest BCUT2D eigenvalue weighted by molar-refractivity contribution is -0.122. The molecule has 0 aliphatic rings. The van der Waals surface area contributed by atoms with Gasteiger partial charge in [-0.25, -0.2) is 9.78 Å². The number of rotatable bonds is 8. The standard InChI is InChI=1S/C25H24N4O5S/c1-15(2)23-28-29-21(30)13-17(26-25(29)35-23)14-33-24(32)19-11-7-8-12-20(19)27-22(31)16(3)34-18-9-5-4-6-10-18/h4-13,15-16H,14H2,1-3H3,(H,27,31)/t16-/m0/s1. The summed E-state index contributed by atoms with van der Waals surface area (Å²) >= 11 is 1.32. The minimum atomic E-state index is -0.791. The minimum absolute atomic E-state index is 0.162. The van der Waals surface area contributed by atoms with Crippen molar-refractivity contribution in [2.75, 3.05) is 5.32 Å². The Balaban J connectivity index is 1.44. The fraction of sp³-hybridized carbons (Fsp3) is 0.240. The Kier molecular flexibility index (Phi) is 7.21. The first-order valence-corrected chi connectivity index (χ1v) is 11.8. The van der Waals surface area contributed by atoms with Crippen LogP contribution >= 0.6 is 11.3 Å². The van der Waals surface area contributed by atoms with E-state index in [-0.39, 0.29) is 23.6 Å². The molecule has 0 fully saturated rings. The van der Waals surface area contributed by atoms with E-state index in [1.807, 2.05) is 32.0 Å². The molecule has 35 heavy (non-hydrogen) atoms. The molecule has 1 atom stereocenters. The van der Waals surface area contributed by atoms with E-state index in [2.05, 4.69) is 15.4 Å². The van der Waals surface area contributed by atoms with Crippen LogP contribution in [0.4, 0.5) is 5.69 Å². The summed E-state index contributed by atoms with van der Waals surface area (Å²) in [6, 6.07) is 16.8. The number of aromatic nitrogens is 3. The molecule has 10 heteroatoms. The van der Waals surface area contributed by atoms with E-state index in [1.165, 1.54) is 21.9 Å². The number of esters is 1. The molecule has 180 valence electrons. The number of ether oxygens (including phenoxy) is 2. The summed E-state index contributed by atoms with van der Waals surface area (Å²) in [6.45, 7) is 5.38. The van der Waals surface area contributed by atoms with Crippen LogP contribution in [0, 0.1) is 0 Å².